The molecule has 1 unspecified atom stereocenters. The van der Waals surface area contributed by atoms with Crippen LogP contribution in [0.3, 0.4) is 0 Å². The van der Waals surface area contributed by atoms with Crippen LogP contribution in [0.5, 0.6) is 11.5 Å². The number of nitrogens with zero attached hydrogens (tertiary/aromatic N) is 2. The zero-order valence-corrected chi connectivity index (χ0v) is 18.5. The van der Waals surface area contributed by atoms with E-state index in [1.807, 2.05) is 35.2 Å². The van der Waals surface area contributed by atoms with Gasteiger partial charge in [0.1, 0.15) is 6.61 Å². The summed E-state index contributed by atoms with van der Waals surface area (Å²) >= 11 is 0. The maximum atomic E-state index is 13.5. The highest BCUT2D eigenvalue weighted by molar-refractivity contribution is 5.79. The van der Waals surface area contributed by atoms with Crippen molar-refractivity contribution in [1.29, 1.82) is 0 Å². The third-order valence-corrected chi connectivity index (χ3v) is 5.78. The monoisotopic (exact) mass is 420 g/mol. The number of carbonyl (C=O) groups excluding carboxylic acids is 1. The van der Waals surface area contributed by atoms with Crippen LogP contribution < -0.4 is 9.47 Å². The van der Waals surface area contributed by atoms with Gasteiger partial charge in [-0.25, -0.2) is 0 Å². The van der Waals surface area contributed by atoms with Crippen molar-refractivity contribution in [2.45, 2.75) is 33.4 Å². The summed E-state index contributed by atoms with van der Waals surface area (Å²) in [6.45, 7) is 8.88. The van der Waals surface area contributed by atoms with Gasteiger partial charge >= 0.3 is 0 Å². The number of benzene rings is 2. The van der Waals surface area contributed by atoms with Crippen molar-refractivity contribution in [3.05, 3.63) is 72.0 Å². The Bertz CT molecular complexity index is 910. The van der Waals surface area contributed by atoms with Crippen molar-refractivity contribution in [2.24, 2.45) is 11.8 Å². The molecule has 1 amide bonds. The quantitative estimate of drug-likeness (QED) is 0.662. The van der Waals surface area contributed by atoms with Crippen molar-refractivity contribution in [2.75, 3.05) is 26.2 Å². The van der Waals surface area contributed by atoms with E-state index in [1.165, 1.54) is 5.56 Å². The highest BCUT2D eigenvalue weighted by atomic mass is 16.5. The maximum absolute atomic E-state index is 13.5. The molecule has 2 aliphatic rings. The van der Waals surface area contributed by atoms with Crippen molar-refractivity contribution < 1.29 is 14.3 Å². The molecule has 2 aromatic rings. The van der Waals surface area contributed by atoms with Gasteiger partial charge < -0.3 is 14.4 Å². The summed E-state index contributed by atoms with van der Waals surface area (Å²) in [5, 5.41) is 0. The smallest absolute Gasteiger partial charge is 0.227 e. The molecule has 2 aliphatic heterocycles. The average molecular weight is 421 g/mol. The molecule has 0 saturated carbocycles. The summed E-state index contributed by atoms with van der Waals surface area (Å²) in [6.07, 6.45) is 4.42. The SMILES string of the molecule is CC(C)CN(Cc1ccc2c(c1)OC=CCO2)C(=O)C1CCN(Cc2ccccc2)C1. The molecule has 31 heavy (non-hydrogen) atoms. The molecule has 2 aromatic carbocycles. The first kappa shape index (κ1) is 21.4. The van der Waals surface area contributed by atoms with Crippen LogP contribution in [0.2, 0.25) is 0 Å². The van der Waals surface area contributed by atoms with Crippen molar-refractivity contribution in [3.63, 3.8) is 0 Å². The fourth-order valence-electron chi connectivity index (χ4n) is 4.33. The van der Waals surface area contributed by atoms with E-state index in [-0.39, 0.29) is 11.8 Å². The van der Waals surface area contributed by atoms with E-state index in [4.69, 9.17) is 9.47 Å². The normalized spacial score (nSPS) is 18.2. The topological polar surface area (TPSA) is 42.0 Å². The van der Waals surface area contributed by atoms with E-state index in [0.29, 0.717) is 24.8 Å². The fraction of sp³-hybridized carbons (Fsp3) is 0.423. The molecular weight excluding hydrogens is 388 g/mol. The summed E-state index contributed by atoms with van der Waals surface area (Å²) in [7, 11) is 0. The minimum Gasteiger partial charge on any atom is -0.485 e. The van der Waals surface area contributed by atoms with Gasteiger partial charge in [-0.1, -0.05) is 50.2 Å². The summed E-state index contributed by atoms with van der Waals surface area (Å²) < 4.78 is 11.3. The highest BCUT2D eigenvalue weighted by Crippen LogP contribution is 2.31. The van der Waals surface area contributed by atoms with Gasteiger partial charge in [-0.05, 0) is 48.2 Å². The Labute approximate surface area is 185 Å². The van der Waals surface area contributed by atoms with Crippen LogP contribution >= 0.6 is 0 Å². The van der Waals surface area contributed by atoms with Crippen LogP contribution in [0.15, 0.2) is 60.9 Å². The number of hydrogen-bond acceptors (Lipinski definition) is 4. The Balaban J connectivity index is 1.42. The Morgan fingerprint density at radius 1 is 1.13 bits per heavy atom. The molecular formula is C26H32N2O3. The van der Waals surface area contributed by atoms with Crippen molar-refractivity contribution in [3.8, 4) is 11.5 Å². The standard InChI is InChI=1S/C26H32N2O3/c1-20(2)16-28(18-22-9-10-24-25(15-22)31-14-6-13-30-24)26(29)23-11-12-27(19-23)17-21-7-4-3-5-8-21/h3-10,14-15,20,23H,11-13,16-19H2,1-2H3. The zero-order valence-electron chi connectivity index (χ0n) is 18.5. The molecule has 164 valence electrons. The molecule has 1 saturated heterocycles. The molecule has 1 fully saturated rings. The van der Waals surface area contributed by atoms with Gasteiger partial charge in [-0.15, -0.1) is 0 Å². The molecule has 0 aliphatic carbocycles. The second-order valence-corrected chi connectivity index (χ2v) is 8.90. The van der Waals surface area contributed by atoms with Gasteiger partial charge in [0.25, 0.3) is 0 Å². The Kier molecular flexibility index (Phi) is 6.92. The third kappa shape index (κ3) is 5.67. The molecule has 0 radical (unpaired) electrons. The van der Waals surface area contributed by atoms with Crippen LogP contribution in [-0.2, 0) is 17.9 Å². The minimum atomic E-state index is 0.0609. The average Bonchev–Trinajstić information content (AvgIpc) is 3.09. The fourth-order valence-corrected chi connectivity index (χ4v) is 4.33. The maximum Gasteiger partial charge on any atom is 0.227 e. The van der Waals surface area contributed by atoms with Gasteiger partial charge in [0, 0.05) is 26.2 Å². The first-order valence-electron chi connectivity index (χ1n) is 11.2. The molecule has 0 spiro atoms. The molecule has 0 aromatic heterocycles. The lowest BCUT2D eigenvalue weighted by Gasteiger charge is -2.28. The number of amides is 1. The Morgan fingerprint density at radius 3 is 2.77 bits per heavy atom. The van der Waals surface area contributed by atoms with Gasteiger partial charge in [0.2, 0.25) is 5.91 Å². The molecule has 5 heteroatoms. The summed E-state index contributed by atoms with van der Waals surface area (Å²) in [4.78, 5) is 17.9. The van der Waals surface area contributed by atoms with Crippen LogP contribution in [0.25, 0.3) is 0 Å². The van der Waals surface area contributed by atoms with E-state index >= 15 is 0 Å². The Morgan fingerprint density at radius 2 is 1.97 bits per heavy atom. The van der Waals surface area contributed by atoms with Crippen LogP contribution in [0.4, 0.5) is 0 Å². The molecule has 4 rings (SSSR count). The van der Waals surface area contributed by atoms with E-state index < -0.39 is 0 Å². The number of hydrogen-bond donors (Lipinski definition) is 0. The van der Waals surface area contributed by atoms with Gasteiger partial charge in [-0.3, -0.25) is 9.69 Å². The van der Waals surface area contributed by atoms with Gasteiger partial charge in [0.05, 0.1) is 12.2 Å². The minimum absolute atomic E-state index is 0.0609. The first-order valence-corrected chi connectivity index (χ1v) is 11.2. The lowest BCUT2D eigenvalue weighted by molar-refractivity contribution is -0.136. The molecule has 0 bridgehead atoms. The highest BCUT2D eigenvalue weighted by Gasteiger charge is 2.31. The zero-order chi connectivity index (χ0) is 21.6. The summed E-state index contributed by atoms with van der Waals surface area (Å²) in [5.74, 6) is 2.18. The number of rotatable bonds is 7. The van der Waals surface area contributed by atoms with Crippen molar-refractivity contribution >= 4 is 5.91 Å². The largest absolute Gasteiger partial charge is 0.485 e. The summed E-state index contributed by atoms with van der Waals surface area (Å²) in [6, 6.07) is 16.4. The van der Waals surface area contributed by atoms with Gasteiger partial charge in [-0.2, -0.15) is 0 Å². The molecule has 2 heterocycles. The van der Waals surface area contributed by atoms with Gasteiger partial charge in [0.15, 0.2) is 11.5 Å². The predicted octanol–water partition coefficient (Wildman–Crippen LogP) is 4.48. The number of carbonyl (C=O) groups is 1. The second kappa shape index (κ2) is 10.0. The number of fused-ring (bicyclic) bond motifs is 1. The van der Waals surface area contributed by atoms with E-state index in [2.05, 4.69) is 43.0 Å². The van der Waals surface area contributed by atoms with Crippen molar-refractivity contribution in [1.82, 2.24) is 9.80 Å². The third-order valence-electron chi connectivity index (χ3n) is 5.78. The lowest BCUT2D eigenvalue weighted by atomic mass is 10.0. The van der Waals surface area contributed by atoms with Crippen LogP contribution in [-0.4, -0.2) is 41.9 Å². The predicted molar refractivity (Wildman–Crippen MR) is 122 cm³/mol. The molecule has 5 nitrogen and oxygen atoms in total. The second-order valence-electron chi connectivity index (χ2n) is 8.90. The van der Waals surface area contributed by atoms with Crippen LogP contribution in [0, 0.1) is 11.8 Å². The Hall–Kier alpha value is -2.79. The number of likely N-dealkylation sites (tertiary alicyclic amines) is 1. The number of ether oxygens (including phenoxy) is 2. The van der Waals surface area contributed by atoms with E-state index in [0.717, 1.165) is 43.9 Å². The van der Waals surface area contributed by atoms with E-state index in [9.17, 15) is 4.79 Å². The first-order chi connectivity index (χ1) is 15.1. The van der Waals surface area contributed by atoms with E-state index in [1.54, 1.807) is 6.26 Å². The summed E-state index contributed by atoms with van der Waals surface area (Å²) in [5.41, 5.74) is 2.36. The lowest BCUT2D eigenvalue weighted by Crippen LogP contribution is -2.39. The van der Waals surface area contributed by atoms with Crippen LogP contribution in [0.1, 0.15) is 31.4 Å². The molecule has 0 N–H and O–H groups in total. The molecule has 1 atom stereocenters.